The number of nitrogens with one attached hydrogen (secondary N) is 1. The lowest BCUT2D eigenvalue weighted by atomic mass is 10.6. The average Bonchev–Trinajstić information content (AvgIpc) is 2.27. The summed E-state index contributed by atoms with van der Waals surface area (Å²) in [6, 6.07) is 0. The number of nitrogens with zero attached hydrogens (tertiary/aromatic N) is 4. The first-order chi connectivity index (χ1) is 8.09. The van der Waals surface area contributed by atoms with Gasteiger partial charge in [-0.2, -0.15) is 4.98 Å². The van der Waals surface area contributed by atoms with E-state index in [0.29, 0.717) is 25.6 Å². The van der Waals surface area contributed by atoms with Crippen LogP contribution in [0.1, 0.15) is 0 Å². The zero-order valence-electron chi connectivity index (χ0n) is 9.78. The van der Waals surface area contributed by atoms with Gasteiger partial charge >= 0.3 is 0 Å². The number of hydrogen-bond donors (Lipinski definition) is 1. The first-order valence-electron chi connectivity index (χ1n) is 5.11. The third-order valence-corrected chi connectivity index (χ3v) is 2.26. The average molecular weight is 280 g/mol. The van der Waals surface area contributed by atoms with Crippen LogP contribution >= 0.6 is 23.2 Å². The third kappa shape index (κ3) is 5.97. The maximum atomic E-state index is 5.77. The molecule has 0 atom stereocenters. The van der Waals surface area contributed by atoms with Gasteiger partial charge in [0.15, 0.2) is 11.0 Å². The lowest BCUT2D eigenvalue weighted by Gasteiger charge is -2.10. The number of aromatic nitrogens is 3. The minimum absolute atomic E-state index is 0.0606. The second kappa shape index (κ2) is 7.60. The Morgan fingerprint density at radius 1 is 1.24 bits per heavy atom. The van der Waals surface area contributed by atoms with Gasteiger partial charge in [0.25, 0.3) is 0 Å². The van der Waals surface area contributed by atoms with E-state index in [0.717, 1.165) is 6.54 Å². The standard InChI is InChI=1S/C9H15Cl2N5O/c1-16(2)4-6-17-5-3-12-8-7(10)14-15-9(11)13-8/h3-6H2,1-2H3,(H,12,13,15). The number of anilines is 1. The van der Waals surface area contributed by atoms with Crippen molar-refractivity contribution in [3.05, 3.63) is 10.4 Å². The molecule has 96 valence electrons. The first kappa shape index (κ1) is 14.4. The summed E-state index contributed by atoms with van der Waals surface area (Å²) in [5.74, 6) is 0.419. The molecule has 0 saturated carbocycles. The molecule has 8 heteroatoms. The van der Waals surface area contributed by atoms with Crippen molar-refractivity contribution in [2.75, 3.05) is 45.7 Å². The molecule has 0 spiro atoms. The highest BCUT2D eigenvalue weighted by molar-refractivity contribution is 6.32. The molecule has 0 unspecified atom stereocenters. The van der Waals surface area contributed by atoms with Gasteiger partial charge < -0.3 is 15.0 Å². The van der Waals surface area contributed by atoms with Crippen LogP contribution in [0.15, 0.2) is 0 Å². The van der Waals surface area contributed by atoms with E-state index < -0.39 is 0 Å². The van der Waals surface area contributed by atoms with E-state index in [1.54, 1.807) is 0 Å². The lowest BCUT2D eigenvalue weighted by Crippen LogP contribution is -2.20. The van der Waals surface area contributed by atoms with Crippen molar-refractivity contribution < 1.29 is 4.74 Å². The molecule has 0 bridgehead atoms. The van der Waals surface area contributed by atoms with Gasteiger partial charge in [0.1, 0.15) is 0 Å². The zero-order valence-corrected chi connectivity index (χ0v) is 11.3. The molecular formula is C9H15Cl2N5O. The van der Waals surface area contributed by atoms with Gasteiger partial charge in [0.2, 0.25) is 5.28 Å². The highest BCUT2D eigenvalue weighted by Gasteiger charge is 2.04. The van der Waals surface area contributed by atoms with Crippen LogP contribution in [0.4, 0.5) is 5.82 Å². The topological polar surface area (TPSA) is 63.2 Å². The molecule has 1 rings (SSSR count). The van der Waals surface area contributed by atoms with E-state index in [1.807, 2.05) is 14.1 Å². The van der Waals surface area contributed by atoms with Crippen molar-refractivity contribution in [2.45, 2.75) is 0 Å². The molecule has 0 saturated heterocycles. The third-order valence-electron chi connectivity index (χ3n) is 1.84. The molecule has 0 aliphatic heterocycles. The summed E-state index contributed by atoms with van der Waals surface area (Å²) in [5, 5.41) is 10.4. The molecule has 1 heterocycles. The number of hydrogen-bond acceptors (Lipinski definition) is 6. The summed E-state index contributed by atoms with van der Waals surface area (Å²) < 4.78 is 5.39. The van der Waals surface area contributed by atoms with Crippen LogP contribution in [0.2, 0.25) is 10.4 Å². The lowest BCUT2D eigenvalue weighted by molar-refractivity contribution is 0.126. The van der Waals surface area contributed by atoms with Crippen LogP contribution in [0, 0.1) is 0 Å². The Kier molecular flexibility index (Phi) is 6.43. The van der Waals surface area contributed by atoms with Crippen molar-refractivity contribution in [2.24, 2.45) is 0 Å². The Morgan fingerprint density at radius 3 is 2.71 bits per heavy atom. The predicted octanol–water partition coefficient (Wildman–Crippen LogP) is 1.17. The highest BCUT2D eigenvalue weighted by atomic mass is 35.5. The first-order valence-corrected chi connectivity index (χ1v) is 5.87. The van der Waals surface area contributed by atoms with E-state index in [4.69, 9.17) is 27.9 Å². The molecule has 6 nitrogen and oxygen atoms in total. The molecule has 1 aromatic rings. The van der Waals surface area contributed by atoms with Gasteiger partial charge in [-0.25, -0.2) is 0 Å². The van der Waals surface area contributed by atoms with Crippen LogP contribution < -0.4 is 5.32 Å². The number of rotatable bonds is 7. The molecule has 0 radical (unpaired) electrons. The van der Waals surface area contributed by atoms with Crippen LogP contribution in [0.25, 0.3) is 0 Å². The molecule has 1 N–H and O–H groups in total. The molecule has 0 aromatic carbocycles. The monoisotopic (exact) mass is 279 g/mol. The SMILES string of the molecule is CN(C)CCOCCNc1nc(Cl)nnc1Cl. The van der Waals surface area contributed by atoms with Gasteiger partial charge in [0, 0.05) is 13.1 Å². The highest BCUT2D eigenvalue weighted by Crippen LogP contribution is 2.15. The van der Waals surface area contributed by atoms with Crippen molar-refractivity contribution in [1.29, 1.82) is 0 Å². The summed E-state index contributed by atoms with van der Waals surface area (Å²) in [6.07, 6.45) is 0. The van der Waals surface area contributed by atoms with Gasteiger partial charge in [-0.1, -0.05) is 11.6 Å². The Balaban J connectivity index is 2.20. The van der Waals surface area contributed by atoms with Gasteiger partial charge in [-0.15, -0.1) is 10.2 Å². The minimum Gasteiger partial charge on any atom is -0.378 e. The summed E-state index contributed by atoms with van der Waals surface area (Å²) in [4.78, 5) is 5.96. The molecule has 1 aromatic heterocycles. The molecule has 17 heavy (non-hydrogen) atoms. The van der Waals surface area contributed by atoms with Gasteiger partial charge in [-0.05, 0) is 25.7 Å². The largest absolute Gasteiger partial charge is 0.378 e. The molecule has 0 amide bonds. The van der Waals surface area contributed by atoms with E-state index in [9.17, 15) is 0 Å². The Morgan fingerprint density at radius 2 is 2.00 bits per heavy atom. The maximum Gasteiger partial charge on any atom is 0.245 e. The number of likely N-dealkylation sites (N-methyl/N-ethyl adjacent to an activating group) is 1. The fourth-order valence-corrected chi connectivity index (χ4v) is 1.27. The van der Waals surface area contributed by atoms with Crippen molar-refractivity contribution in [1.82, 2.24) is 20.1 Å². The second-order valence-corrected chi connectivity index (χ2v) is 4.26. The Hall–Kier alpha value is -0.690. The van der Waals surface area contributed by atoms with Crippen LogP contribution in [0.5, 0.6) is 0 Å². The van der Waals surface area contributed by atoms with E-state index in [-0.39, 0.29) is 10.4 Å². The molecule has 0 aliphatic carbocycles. The quantitative estimate of drug-likeness (QED) is 0.756. The van der Waals surface area contributed by atoms with Crippen molar-refractivity contribution in [3.8, 4) is 0 Å². The van der Waals surface area contributed by atoms with Crippen molar-refractivity contribution in [3.63, 3.8) is 0 Å². The Bertz CT molecular complexity index is 350. The smallest absolute Gasteiger partial charge is 0.245 e. The number of halogens is 2. The normalized spacial score (nSPS) is 10.9. The minimum atomic E-state index is 0.0606. The molecular weight excluding hydrogens is 265 g/mol. The van der Waals surface area contributed by atoms with Crippen molar-refractivity contribution >= 4 is 29.0 Å². The van der Waals surface area contributed by atoms with Crippen LogP contribution in [-0.4, -0.2) is 60.5 Å². The van der Waals surface area contributed by atoms with Gasteiger partial charge in [-0.3, -0.25) is 0 Å². The van der Waals surface area contributed by atoms with Crippen LogP contribution in [-0.2, 0) is 4.74 Å². The summed E-state index contributed by atoms with van der Waals surface area (Å²) >= 11 is 11.4. The predicted molar refractivity (Wildman–Crippen MR) is 67.7 cm³/mol. The summed E-state index contributed by atoms with van der Waals surface area (Å²) in [6.45, 7) is 2.72. The van der Waals surface area contributed by atoms with E-state index in [2.05, 4.69) is 25.4 Å². The van der Waals surface area contributed by atoms with Crippen LogP contribution in [0.3, 0.4) is 0 Å². The fourth-order valence-electron chi connectivity index (χ4n) is 0.997. The maximum absolute atomic E-state index is 5.77. The fraction of sp³-hybridized carbons (Fsp3) is 0.667. The van der Waals surface area contributed by atoms with E-state index in [1.165, 1.54) is 0 Å². The zero-order chi connectivity index (χ0) is 12.7. The second-order valence-electron chi connectivity index (χ2n) is 3.56. The molecule has 0 fully saturated rings. The summed E-state index contributed by atoms with van der Waals surface area (Å²) in [7, 11) is 3.99. The Labute approximate surface area is 110 Å². The summed E-state index contributed by atoms with van der Waals surface area (Å²) in [5.41, 5.74) is 0. The van der Waals surface area contributed by atoms with Gasteiger partial charge in [0.05, 0.1) is 13.2 Å². The van der Waals surface area contributed by atoms with E-state index >= 15 is 0 Å². The number of ether oxygens (including phenoxy) is 1. The molecule has 0 aliphatic rings.